The highest BCUT2D eigenvalue weighted by Crippen LogP contribution is 2.19. The van der Waals surface area contributed by atoms with Crippen molar-refractivity contribution < 1.29 is 4.92 Å². The number of nitro groups is 1. The average molecular weight is 437 g/mol. The van der Waals surface area contributed by atoms with Gasteiger partial charge in [0.2, 0.25) is 0 Å². The Balaban J connectivity index is 1.46. The van der Waals surface area contributed by atoms with Gasteiger partial charge in [-0.05, 0) is 17.7 Å². The SMILES string of the molecule is O=c1c(Cl)c(NCc2cnn(Cc3ccccc3)c2)cnn1-c1ccc([N+](=O)[O-])cc1. The number of hydrogen-bond acceptors (Lipinski definition) is 6. The first-order valence-electron chi connectivity index (χ1n) is 9.33. The number of non-ortho nitro benzene ring substituents is 1. The third-order valence-electron chi connectivity index (χ3n) is 4.58. The number of hydrogen-bond donors (Lipinski definition) is 1. The summed E-state index contributed by atoms with van der Waals surface area (Å²) in [6, 6.07) is 15.5. The number of nitrogens with one attached hydrogen (secondary N) is 1. The van der Waals surface area contributed by atoms with Crippen molar-refractivity contribution in [3.8, 4) is 5.69 Å². The molecule has 2 heterocycles. The molecule has 4 aromatic rings. The van der Waals surface area contributed by atoms with Crippen LogP contribution < -0.4 is 10.9 Å². The van der Waals surface area contributed by atoms with E-state index in [4.69, 9.17) is 11.6 Å². The van der Waals surface area contributed by atoms with Crippen molar-refractivity contribution in [1.29, 1.82) is 0 Å². The molecular weight excluding hydrogens is 420 g/mol. The number of rotatable bonds is 7. The molecule has 0 aliphatic heterocycles. The van der Waals surface area contributed by atoms with E-state index in [0.29, 0.717) is 24.5 Å². The maximum atomic E-state index is 12.6. The molecule has 10 heteroatoms. The summed E-state index contributed by atoms with van der Waals surface area (Å²) in [5.74, 6) is 0. The third-order valence-corrected chi connectivity index (χ3v) is 4.95. The van der Waals surface area contributed by atoms with Gasteiger partial charge in [0.25, 0.3) is 11.2 Å². The van der Waals surface area contributed by atoms with Crippen LogP contribution in [0.15, 0.2) is 78.0 Å². The average Bonchev–Trinajstić information content (AvgIpc) is 3.23. The van der Waals surface area contributed by atoms with E-state index in [1.165, 1.54) is 30.5 Å². The lowest BCUT2D eigenvalue weighted by Crippen LogP contribution is -2.22. The van der Waals surface area contributed by atoms with Crippen molar-refractivity contribution in [3.63, 3.8) is 0 Å². The zero-order valence-electron chi connectivity index (χ0n) is 16.2. The van der Waals surface area contributed by atoms with Crippen LogP contribution in [0.25, 0.3) is 5.69 Å². The Hall–Kier alpha value is -3.98. The Morgan fingerprint density at radius 2 is 1.74 bits per heavy atom. The largest absolute Gasteiger partial charge is 0.378 e. The monoisotopic (exact) mass is 436 g/mol. The Labute approximate surface area is 181 Å². The maximum Gasteiger partial charge on any atom is 0.292 e. The lowest BCUT2D eigenvalue weighted by molar-refractivity contribution is -0.384. The minimum Gasteiger partial charge on any atom is -0.378 e. The highest BCUT2D eigenvalue weighted by molar-refractivity contribution is 6.32. The van der Waals surface area contributed by atoms with Crippen molar-refractivity contribution in [3.05, 3.63) is 110 Å². The van der Waals surface area contributed by atoms with Gasteiger partial charge in [-0.2, -0.15) is 14.9 Å². The second kappa shape index (κ2) is 8.80. The van der Waals surface area contributed by atoms with E-state index in [1.54, 1.807) is 6.20 Å². The molecule has 31 heavy (non-hydrogen) atoms. The predicted molar refractivity (Wildman–Crippen MR) is 117 cm³/mol. The van der Waals surface area contributed by atoms with Gasteiger partial charge in [-0.1, -0.05) is 41.9 Å². The van der Waals surface area contributed by atoms with Crippen LogP contribution in [0.3, 0.4) is 0 Å². The standard InChI is InChI=1S/C21H17ClN6O3/c22-20-19(12-25-27(21(20)29)17-6-8-18(9-7-17)28(30)31)23-10-16-11-24-26(14-16)13-15-4-2-1-3-5-15/h1-9,11-12,14,23H,10,13H2. The minimum absolute atomic E-state index is 0.0231. The number of anilines is 1. The summed E-state index contributed by atoms with van der Waals surface area (Å²) in [5.41, 5.74) is 2.24. The highest BCUT2D eigenvalue weighted by Gasteiger charge is 2.12. The molecule has 0 spiro atoms. The summed E-state index contributed by atoms with van der Waals surface area (Å²) >= 11 is 6.24. The minimum atomic E-state index is -0.528. The summed E-state index contributed by atoms with van der Waals surface area (Å²) < 4.78 is 2.92. The first kappa shape index (κ1) is 20.3. The van der Waals surface area contributed by atoms with Crippen molar-refractivity contribution in [1.82, 2.24) is 19.6 Å². The Bertz CT molecular complexity index is 1270. The molecule has 0 saturated carbocycles. The van der Waals surface area contributed by atoms with E-state index in [-0.39, 0.29) is 10.7 Å². The van der Waals surface area contributed by atoms with E-state index in [1.807, 2.05) is 41.2 Å². The summed E-state index contributed by atoms with van der Waals surface area (Å²) in [6.07, 6.45) is 5.11. The molecule has 2 aromatic heterocycles. The molecule has 0 aliphatic rings. The number of nitrogens with zero attached hydrogens (tertiary/aromatic N) is 5. The molecule has 0 bridgehead atoms. The number of halogens is 1. The van der Waals surface area contributed by atoms with Gasteiger partial charge in [-0.15, -0.1) is 0 Å². The van der Waals surface area contributed by atoms with Crippen LogP contribution in [0.2, 0.25) is 5.02 Å². The second-order valence-electron chi connectivity index (χ2n) is 6.75. The summed E-state index contributed by atoms with van der Waals surface area (Å²) in [6.45, 7) is 1.08. The van der Waals surface area contributed by atoms with E-state index in [0.717, 1.165) is 15.8 Å². The molecule has 4 rings (SSSR count). The summed E-state index contributed by atoms with van der Waals surface area (Å²) in [4.78, 5) is 22.9. The zero-order chi connectivity index (χ0) is 21.8. The van der Waals surface area contributed by atoms with Crippen molar-refractivity contribution in [2.24, 2.45) is 0 Å². The van der Waals surface area contributed by atoms with Gasteiger partial charge in [0, 0.05) is 30.4 Å². The third kappa shape index (κ3) is 4.62. The fourth-order valence-corrected chi connectivity index (χ4v) is 3.20. The molecule has 0 aliphatic carbocycles. The topological polar surface area (TPSA) is 108 Å². The van der Waals surface area contributed by atoms with Crippen molar-refractivity contribution >= 4 is 23.0 Å². The molecule has 0 unspecified atom stereocenters. The molecular formula is C21H17ClN6O3. The maximum absolute atomic E-state index is 12.6. The zero-order valence-corrected chi connectivity index (χ0v) is 16.9. The van der Waals surface area contributed by atoms with Crippen molar-refractivity contribution in [2.45, 2.75) is 13.1 Å². The van der Waals surface area contributed by atoms with Gasteiger partial charge in [0.15, 0.2) is 0 Å². The highest BCUT2D eigenvalue weighted by atomic mass is 35.5. The van der Waals surface area contributed by atoms with Gasteiger partial charge in [-0.3, -0.25) is 19.6 Å². The van der Waals surface area contributed by atoms with Gasteiger partial charge in [0.05, 0.1) is 35.2 Å². The lowest BCUT2D eigenvalue weighted by atomic mass is 10.2. The lowest BCUT2D eigenvalue weighted by Gasteiger charge is -2.09. The predicted octanol–water partition coefficient (Wildman–Crippen LogP) is 3.65. The molecule has 0 radical (unpaired) electrons. The fraction of sp³-hybridized carbons (Fsp3) is 0.0952. The van der Waals surface area contributed by atoms with Crippen LogP contribution in [0.1, 0.15) is 11.1 Å². The fourth-order valence-electron chi connectivity index (χ4n) is 3.01. The van der Waals surface area contributed by atoms with Crippen LogP contribution in [0.5, 0.6) is 0 Å². The van der Waals surface area contributed by atoms with E-state index >= 15 is 0 Å². The van der Waals surface area contributed by atoms with Gasteiger partial charge < -0.3 is 5.32 Å². The van der Waals surface area contributed by atoms with E-state index in [2.05, 4.69) is 15.5 Å². The molecule has 0 amide bonds. The second-order valence-corrected chi connectivity index (χ2v) is 7.13. The quantitative estimate of drug-likeness (QED) is 0.350. The molecule has 0 fully saturated rings. The normalized spacial score (nSPS) is 10.7. The van der Waals surface area contributed by atoms with Crippen LogP contribution in [0, 0.1) is 10.1 Å². The first-order valence-corrected chi connectivity index (χ1v) is 9.71. The van der Waals surface area contributed by atoms with Gasteiger partial charge in [-0.25, -0.2) is 0 Å². The summed E-state index contributed by atoms with van der Waals surface area (Å²) in [7, 11) is 0. The van der Waals surface area contributed by atoms with Crippen LogP contribution in [0.4, 0.5) is 11.4 Å². The molecule has 156 valence electrons. The first-order chi connectivity index (χ1) is 15.0. The number of nitro benzene ring substituents is 1. The summed E-state index contributed by atoms with van der Waals surface area (Å²) in [5, 5.41) is 22.3. The van der Waals surface area contributed by atoms with Gasteiger partial charge in [0.1, 0.15) is 5.02 Å². The molecule has 0 atom stereocenters. The number of benzene rings is 2. The van der Waals surface area contributed by atoms with Crippen molar-refractivity contribution in [2.75, 3.05) is 5.32 Å². The van der Waals surface area contributed by atoms with E-state index < -0.39 is 10.5 Å². The molecule has 2 aromatic carbocycles. The van der Waals surface area contributed by atoms with Crippen LogP contribution in [-0.4, -0.2) is 24.5 Å². The van der Waals surface area contributed by atoms with Crippen LogP contribution >= 0.6 is 11.6 Å². The Kier molecular flexibility index (Phi) is 5.76. The Morgan fingerprint density at radius 3 is 2.45 bits per heavy atom. The number of aromatic nitrogens is 4. The van der Waals surface area contributed by atoms with E-state index in [9.17, 15) is 14.9 Å². The molecule has 1 N–H and O–H groups in total. The smallest absolute Gasteiger partial charge is 0.292 e. The van der Waals surface area contributed by atoms with Crippen LogP contribution in [-0.2, 0) is 13.1 Å². The molecule has 9 nitrogen and oxygen atoms in total. The Morgan fingerprint density at radius 1 is 1.00 bits per heavy atom. The van der Waals surface area contributed by atoms with Gasteiger partial charge >= 0.3 is 0 Å². The molecule has 0 saturated heterocycles.